The third-order valence-electron chi connectivity index (χ3n) is 5.92. The third-order valence-corrected chi connectivity index (χ3v) is 5.92. The van der Waals surface area contributed by atoms with Gasteiger partial charge in [-0.3, -0.25) is 9.78 Å². The summed E-state index contributed by atoms with van der Waals surface area (Å²) in [4.78, 5) is 20.0. The van der Waals surface area contributed by atoms with E-state index in [0.717, 1.165) is 53.6 Å². The number of phenolic OH excluding ortho intramolecular Hbond substituents is 1. The molecular formula is C24H28N2O4. The van der Waals surface area contributed by atoms with Crippen LogP contribution in [0.4, 0.5) is 0 Å². The van der Waals surface area contributed by atoms with Gasteiger partial charge in [0, 0.05) is 42.3 Å². The zero-order valence-electron chi connectivity index (χ0n) is 17.2. The Morgan fingerprint density at radius 1 is 1.07 bits per heavy atom. The van der Waals surface area contributed by atoms with Crippen molar-refractivity contribution < 1.29 is 14.9 Å². The number of phenols is 1. The zero-order valence-corrected chi connectivity index (χ0v) is 17.2. The monoisotopic (exact) mass is 408 g/mol. The summed E-state index contributed by atoms with van der Waals surface area (Å²) >= 11 is 0. The van der Waals surface area contributed by atoms with Crippen molar-refractivity contribution in [3.8, 4) is 16.9 Å². The van der Waals surface area contributed by atoms with E-state index in [1.165, 1.54) is 12.5 Å². The Hall–Kier alpha value is -2.70. The highest BCUT2D eigenvalue weighted by Crippen LogP contribution is 2.37. The molecule has 3 N–H and O–H groups in total. The average Bonchev–Trinajstić information content (AvgIpc) is 2.73. The van der Waals surface area contributed by atoms with Crippen LogP contribution in [0.3, 0.4) is 0 Å². The quantitative estimate of drug-likeness (QED) is 0.595. The molecule has 5 rings (SSSR count). The van der Waals surface area contributed by atoms with Gasteiger partial charge in [-0.1, -0.05) is 0 Å². The molecule has 0 radical (unpaired) electrons. The van der Waals surface area contributed by atoms with Gasteiger partial charge in [0.15, 0.2) is 0 Å². The number of nitrogens with zero attached hydrogens (tertiary/aromatic N) is 1. The SMILES string of the molecule is Cc1cc(-c2c(C3CCOCC3)[nH]c(=O)c3cc(O)ccc23)ccn1.OC1CCC1. The number of aromatic hydroxyl groups is 1. The molecule has 1 aliphatic heterocycles. The molecule has 0 unspecified atom stereocenters. The second-order valence-corrected chi connectivity index (χ2v) is 8.13. The molecule has 1 saturated carbocycles. The van der Waals surface area contributed by atoms with Crippen LogP contribution < -0.4 is 5.56 Å². The molecule has 2 fully saturated rings. The summed E-state index contributed by atoms with van der Waals surface area (Å²) in [7, 11) is 0. The second-order valence-electron chi connectivity index (χ2n) is 8.13. The maximum absolute atomic E-state index is 12.6. The average molecular weight is 408 g/mol. The van der Waals surface area contributed by atoms with Gasteiger partial charge in [0.1, 0.15) is 5.75 Å². The number of benzene rings is 1. The van der Waals surface area contributed by atoms with Crippen LogP contribution in [0.5, 0.6) is 5.75 Å². The largest absolute Gasteiger partial charge is 0.508 e. The summed E-state index contributed by atoms with van der Waals surface area (Å²) in [6.45, 7) is 3.36. The van der Waals surface area contributed by atoms with Gasteiger partial charge in [-0.25, -0.2) is 0 Å². The minimum absolute atomic E-state index is 0.0648. The highest BCUT2D eigenvalue weighted by molar-refractivity contribution is 5.98. The van der Waals surface area contributed by atoms with Gasteiger partial charge < -0.3 is 19.9 Å². The van der Waals surface area contributed by atoms with Crippen LogP contribution in [0.1, 0.15) is 49.4 Å². The molecule has 158 valence electrons. The van der Waals surface area contributed by atoms with E-state index in [-0.39, 0.29) is 23.3 Å². The summed E-state index contributed by atoms with van der Waals surface area (Å²) in [6, 6.07) is 8.99. The third kappa shape index (κ3) is 4.40. The Kier molecular flexibility index (Phi) is 6.16. The predicted octanol–water partition coefficient (Wildman–Crippen LogP) is 4.03. The van der Waals surface area contributed by atoms with Crippen LogP contribution >= 0.6 is 0 Å². The number of hydrogen-bond acceptors (Lipinski definition) is 5. The summed E-state index contributed by atoms with van der Waals surface area (Å²) in [5.74, 6) is 0.344. The van der Waals surface area contributed by atoms with Crippen molar-refractivity contribution in [1.29, 1.82) is 0 Å². The minimum atomic E-state index is -0.165. The van der Waals surface area contributed by atoms with Crippen LogP contribution in [-0.2, 0) is 4.74 Å². The van der Waals surface area contributed by atoms with Crippen molar-refractivity contribution in [2.75, 3.05) is 13.2 Å². The van der Waals surface area contributed by atoms with Crippen LogP contribution in [0.2, 0.25) is 0 Å². The minimum Gasteiger partial charge on any atom is -0.508 e. The van der Waals surface area contributed by atoms with Gasteiger partial charge in [0.25, 0.3) is 5.56 Å². The van der Waals surface area contributed by atoms with E-state index in [0.29, 0.717) is 18.6 Å². The normalized spacial score (nSPS) is 17.3. The molecule has 0 amide bonds. The summed E-state index contributed by atoms with van der Waals surface area (Å²) < 4.78 is 5.48. The van der Waals surface area contributed by atoms with E-state index in [1.54, 1.807) is 12.3 Å². The number of nitrogens with one attached hydrogen (secondary N) is 1. The van der Waals surface area contributed by atoms with Gasteiger partial charge in [0.05, 0.1) is 11.5 Å². The predicted molar refractivity (Wildman–Crippen MR) is 117 cm³/mol. The highest BCUT2D eigenvalue weighted by Gasteiger charge is 2.23. The fraction of sp³-hybridized carbons (Fsp3) is 0.417. The number of fused-ring (bicyclic) bond motifs is 1. The van der Waals surface area contributed by atoms with Gasteiger partial charge >= 0.3 is 0 Å². The number of aryl methyl sites for hydroxylation is 1. The fourth-order valence-corrected chi connectivity index (χ4v) is 4.03. The number of aliphatic hydroxyl groups is 1. The van der Waals surface area contributed by atoms with E-state index < -0.39 is 0 Å². The standard InChI is InChI=1S/C20H20N2O3.C4H8O/c1-12-10-14(4-7-21-12)18-16-3-2-15(23)11-17(16)20(24)22-19(18)13-5-8-25-9-6-13;5-4-2-1-3-4/h2-4,7,10-11,13,23H,5-6,8-9H2,1H3,(H,22,24);4-5H,1-3H2. The summed E-state index contributed by atoms with van der Waals surface area (Å²) in [5.41, 5.74) is 3.76. The Morgan fingerprint density at radius 2 is 1.80 bits per heavy atom. The van der Waals surface area contributed by atoms with Crippen molar-refractivity contribution in [1.82, 2.24) is 9.97 Å². The van der Waals surface area contributed by atoms with Crippen LogP contribution in [0.25, 0.3) is 21.9 Å². The smallest absolute Gasteiger partial charge is 0.256 e. The molecule has 6 nitrogen and oxygen atoms in total. The Balaban J connectivity index is 0.000000383. The first-order valence-corrected chi connectivity index (χ1v) is 10.6. The molecule has 3 heterocycles. The molecule has 1 aromatic carbocycles. The van der Waals surface area contributed by atoms with Crippen molar-refractivity contribution in [2.24, 2.45) is 0 Å². The first-order chi connectivity index (χ1) is 14.5. The maximum atomic E-state index is 12.6. The van der Waals surface area contributed by atoms with Gasteiger partial charge in [0.2, 0.25) is 0 Å². The lowest BCUT2D eigenvalue weighted by atomic mass is 9.87. The number of aromatic nitrogens is 2. The molecule has 3 aromatic rings. The van der Waals surface area contributed by atoms with E-state index in [2.05, 4.69) is 9.97 Å². The number of pyridine rings is 2. The molecule has 30 heavy (non-hydrogen) atoms. The van der Waals surface area contributed by atoms with Gasteiger partial charge in [-0.2, -0.15) is 0 Å². The first kappa shape index (κ1) is 20.6. The Bertz CT molecular complexity index is 1080. The number of hydrogen-bond donors (Lipinski definition) is 3. The molecule has 0 bridgehead atoms. The number of aliphatic hydroxyl groups excluding tert-OH is 1. The topological polar surface area (TPSA) is 95.4 Å². The maximum Gasteiger partial charge on any atom is 0.256 e. The number of ether oxygens (including phenoxy) is 1. The van der Waals surface area contributed by atoms with Gasteiger partial charge in [-0.15, -0.1) is 0 Å². The first-order valence-electron chi connectivity index (χ1n) is 10.6. The zero-order chi connectivity index (χ0) is 21.1. The van der Waals surface area contributed by atoms with E-state index in [9.17, 15) is 9.90 Å². The number of H-pyrrole nitrogens is 1. The van der Waals surface area contributed by atoms with Crippen LogP contribution in [0.15, 0.2) is 41.3 Å². The molecule has 2 aromatic heterocycles. The number of rotatable bonds is 2. The molecular weight excluding hydrogens is 380 g/mol. The molecule has 1 saturated heterocycles. The lowest BCUT2D eigenvalue weighted by molar-refractivity contribution is 0.0846. The van der Waals surface area contributed by atoms with Crippen LogP contribution in [0, 0.1) is 6.92 Å². The molecule has 0 atom stereocenters. The molecule has 1 aliphatic carbocycles. The van der Waals surface area contributed by atoms with Crippen molar-refractivity contribution in [3.63, 3.8) is 0 Å². The lowest BCUT2D eigenvalue weighted by Crippen LogP contribution is -2.20. The van der Waals surface area contributed by atoms with E-state index >= 15 is 0 Å². The summed E-state index contributed by atoms with van der Waals surface area (Å²) in [5, 5.41) is 19.6. The van der Waals surface area contributed by atoms with E-state index in [4.69, 9.17) is 9.84 Å². The second kappa shape index (κ2) is 8.98. The number of aromatic amines is 1. The van der Waals surface area contributed by atoms with Crippen molar-refractivity contribution in [3.05, 3.63) is 58.3 Å². The molecule has 0 spiro atoms. The van der Waals surface area contributed by atoms with Crippen molar-refractivity contribution >= 4 is 10.8 Å². The van der Waals surface area contributed by atoms with Crippen LogP contribution in [-0.4, -0.2) is 39.5 Å². The Labute approximate surface area is 175 Å². The summed E-state index contributed by atoms with van der Waals surface area (Å²) in [6.07, 6.45) is 6.94. The fourth-order valence-electron chi connectivity index (χ4n) is 4.03. The lowest BCUT2D eigenvalue weighted by Gasteiger charge is -2.25. The van der Waals surface area contributed by atoms with Gasteiger partial charge in [-0.05, 0) is 80.3 Å². The molecule has 2 aliphatic rings. The molecule has 6 heteroatoms. The van der Waals surface area contributed by atoms with Crippen molar-refractivity contribution in [2.45, 2.75) is 51.0 Å². The van der Waals surface area contributed by atoms with E-state index in [1.807, 2.05) is 25.1 Å². The Morgan fingerprint density at radius 3 is 2.43 bits per heavy atom. The highest BCUT2D eigenvalue weighted by atomic mass is 16.5.